The molecule has 0 radical (unpaired) electrons. The lowest BCUT2D eigenvalue weighted by Gasteiger charge is -2.16. The van der Waals surface area contributed by atoms with Gasteiger partial charge in [-0.1, -0.05) is 71.6 Å². The smallest absolute Gasteiger partial charge is 0.240 e. The third-order valence-corrected chi connectivity index (χ3v) is 4.43. The summed E-state index contributed by atoms with van der Waals surface area (Å²) in [5, 5.41) is 0. The highest BCUT2D eigenvalue weighted by Gasteiger charge is 2.31. The van der Waals surface area contributed by atoms with Crippen LogP contribution < -0.4 is 0 Å². The maximum Gasteiger partial charge on any atom is 0.419 e. The van der Waals surface area contributed by atoms with Gasteiger partial charge in [-0.25, -0.2) is 9.97 Å². The molecular weight excluding hydrogens is 313 g/mol. The molecule has 0 amide bonds. The molecule has 5 heteroatoms. The summed E-state index contributed by atoms with van der Waals surface area (Å²) in [4.78, 5) is 8.06. The predicted molar refractivity (Wildman–Crippen MR) is 91.9 cm³/mol. The summed E-state index contributed by atoms with van der Waals surface area (Å²) in [7, 11) is 0. The summed E-state index contributed by atoms with van der Waals surface area (Å²) >= 11 is 0. The third-order valence-electron chi connectivity index (χ3n) is 4.43. The molecule has 0 saturated carbocycles. The van der Waals surface area contributed by atoms with Crippen molar-refractivity contribution in [3.63, 3.8) is 0 Å². The van der Waals surface area contributed by atoms with Gasteiger partial charge >= 0.3 is 6.18 Å². The molecule has 138 valence electrons. The number of hydrogen-bond donors (Lipinski definition) is 0. The first-order chi connectivity index (χ1) is 11.5. The van der Waals surface area contributed by atoms with E-state index in [1.54, 1.807) is 0 Å². The molecule has 0 saturated heterocycles. The molecule has 1 rings (SSSR count). The molecule has 1 unspecified atom stereocenters. The minimum Gasteiger partial charge on any atom is -0.240 e. The molecule has 0 aliphatic carbocycles. The molecule has 0 aliphatic heterocycles. The molecule has 0 spiro atoms. The monoisotopic (exact) mass is 344 g/mol. The van der Waals surface area contributed by atoms with Crippen molar-refractivity contribution in [1.82, 2.24) is 9.97 Å². The van der Waals surface area contributed by atoms with Gasteiger partial charge in [0.1, 0.15) is 5.82 Å². The molecule has 0 aliphatic rings. The van der Waals surface area contributed by atoms with E-state index in [0.717, 1.165) is 38.1 Å². The zero-order chi connectivity index (χ0) is 17.8. The molecule has 1 aromatic rings. The van der Waals surface area contributed by atoms with Crippen molar-refractivity contribution in [2.45, 2.75) is 96.6 Å². The largest absolute Gasteiger partial charge is 0.419 e. The van der Waals surface area contributed by atoms with Gasteiger partial charge in [0.15, 0.2) is 0 Å². The van der Waals surface area contributed by atoms with E-state index in [4.69, 9.17) is 0 Å². The lowest BCUT2D eigenvalue weighted by molar-refractivity contribution is -0.138. The van der Waals surface area contributed by atoms with Crippen molar-refractivity contribution < 1.29 is 13.2 Å². The van der Waals surface area contributed by atoms with Gasteiger partial charge in [-0.2, -0.15) is 13.2 Å². The number of alkyl halides is 3. The molecule has 0 N–H and O–H groups in total. The van der Waals surface area contributed by atoms with E-state index in [-0.39, 0.29) is 5.92 Å². The van der Waals surface area contributed by atoms with Crippen molar-refractivity contribution >= 4 is 0 Å². The van der Waals surface area contributed by atoms with Crippen molar-refractivity contribution in [3.8, 4) is 0 Å². The van der Waals surface area contributed by atoms with Gasteiger partial charge in [0, 0.05) is 18.3 Å². The lowest BCUT2D eigenvalue weighted by atomic mass is 9.93. The average molecular weight is 344 g/mol. The topological polar surface area (TPSA) is 25.8 Å². The normalized spacial score (nSPS) is 13.2. The summed E-state index contributed by atoms with van der Waals surface area (Å²) in [6, 6.07) is 0. The lowest BCUT2D eigenvalue weighted by Crippen LogP contribution is -2.10. The van der Waals surface area contributed by atoms with E-state index in [1.165, 1.54) is 44.9 Å². The summed E-state index contributed by atoms with van der Waals surface area (Å²) in [5.41, 5.74) is -0.765. The van der Waals surface area contributed by atoms with E-state index in [1.807, 2.05) is 0 Å². The van der Waals surface area contributed by atoms with Gasteiger partial charge < -0.3 is 0 Å². The SMILES string of the molecule is CCCCCCCC(CCCCCC)c1ncc(C(F)(F)F)cn1. The van der Waals surface area contributed by atoms with Crippen LogP contribution in [-0.2, 0) is 6.18 Å². The van der Waals surface area contributed by atoms with Crippen molar-refractivity contribution in [1.29, 1.82) is 0 Å². The summed E-state index contributed by atoms with van der Waals surface area (Å²) in [5.74, 6) is 0.765. The standard InChI is InChI=1S/C19H31F3N2/c1-3-5-7-9-11-13-16(12-10-8-6-4-2)18-23-14-17(15-24-18)19(20,21)22/h14-16H,3-13H2,1-2H3. The van der Waals surface area contributed by atoms with Crippen LogP contribution in [0.15, 0.2) is 12.4 Å². The van der Waals surface area contributed by atoms with Crippen LogP contribution in [0.4, 0.5) is 13.2 Å². The Bertz CT molecular complexity index is 429. The molecule has 1 atom stereocenters. The van der Waals surface area contributed by atoms with Crippen molar-refractivity contribution in [2.24, 2.45) is 0 Å². The number of nitrogens with zero attached hydrogens (tertiary/aromatic N) is 2. The predicted octanol–water partition coefficient (Wildman–Crippen LogP) is 6.91. The van der Waals surface area contributed by atoms with Gasteiger partial charge in [-0.05, 0) is 12.8 Å². The Kier molecular flexibility index (Phi) is 9.96. The Morgan fingerprint density at radius 1 is 0.792 bits per heavy atom. The number of halogens is 3. The van der Waals surface area contributed by atoms with Crippen LogP contribution in [0.25, 0.3) is 0 Å². The molecule has 1 aromatic heterocycles. The van der Waals surface area contributed by atoms with Crippen LogP contribution in [0.2, 0.25) is 0 Å². The van der Waals surface area contributed by atoms with Crippen LogP contribution in [0, 0.1) is 0 Å². The highest BCUT2D eigenvalue weighted by molar-refractivity contribution is 5.11. The van der Waals surface area contributed by atoms with Crippen LogP contribution >= 0.6 is 0 Å². The highest BCUT2D eigenvalue weighted by Crippen LogP contribution is 2.30. The maximum atomic E-state index is 12.6. The zero-order valence-electron chi connectivity index (χ0n) is 15.0. The van der Waals surface area contributed by atoms with E-state index >= 15 is 0 Å². The minimum atomic E-state index is -4.37. The molecular formula is C19H31F3N2. The number of aromatic nitrogens is 2. The second kappa shape index (κ2) is 11.4. The van der Waals surface area contributed by atoms with Crippen molar-refractivity contribution in [2.75, 3.05) is 0 Å². The Morgan fingerprint density at radius 2 is 1.25 bits per heavy atom. The van der Waals surface area contributed by atoms with E-state index in [2.05, 4.69) is 23.8 Å². The zero-order valence-corrected chi connectivity index (χ0v) is 15.0. The Labute approximate surface area is 144 Å². The van der Waals surface area contributed by atoms with Crippen LogP contribution in [0.1, 0.15) is 102 Å². The van der Waals surface area contributed by atoms with Gasteiger partial charge in [-0.3, -0.25) is 0 Å². The second-order valence-corrected chi connectivity index (χ2v) is 6.58. The summed E-state index contributed by atoms with van der Waals surface area (Å²) in [6.07, 6.45) is 10.1. The number of hydrogen-bond acceptors (Lipinski definition) is 2. The molecule has 2 nitrogen and oxygen atoms in total. The second-order valence-electron chi connectivity index (χ2n) is 6.58. The van der Waals surface area contributed by atoms with Crippen molar-refractivity contribution in [3.05, 3.63) is 23.8 Å². The van der Waals surface area contributed by atoms with Crippen LogP contribution in [0.3, 0.4) is 0 Å². The first-order valence-corrected chi connectivity index (χ1v) is 9.38. The summed E-state index contributed by atoms with van der Waals surface area (Å²) < 4.78 is 37.9. The van der Waals surface area contributed by atoms with E-state index in [0.29, 0.717) is 5.82 Å². The first-order valence-electron chi connectivity index (χ1n) is 9.38. The summed E-state index contributed by atoms with van der Waals surface area (Å²) in [6.45, 7) is 4.36. The molecule has 24 heavy (non-hydrogen) atoms. The van der Waals surface area contributed by atoms with Gasteiger partial charge in [0.25, 0.3) is 0 Å². The molecule has 0 fully saturated rings. The Morgan fingerprint density at radius 3 is 1.71 bits per heavy atom. The first kappa shape index (κ1) is 20.9. The fourth-order valence-corrected chi connectivity index (χ4v) is 2.91. The third kappa shape index (κ3) is 8.11. The number of unbranched alkanes of at least 4 members (excludes halogenated alkanes) is 7. The number of rotatable bonds is 12. The Hall–Kier alpha value is -1.13. The molecule has 1 heterocycles. The Balaban J connectivity index is 2.61. The molecule has 0 aromatic carbocycles. The van der Waals surface area contributed by atoms with Crippen LogP contribution in [-0.4, -0.2) is 9.97 Å². The van der Waals surface area contributed by atoms with Gasteiger partial charge in [-0.15, -0.1) is 0 Å². The van der Waals surface area contributed by atoms with Gasteiger partial charge in [0.2, 0.25) is 0 Å². The molecule has 0 bridgehead atoms. The fourth-order valence-electron chi connectivity index (χ4n) is 2.91. The average Bonchev–Trinajstić information content (AvgIpc) is 2.56. The van der Waals surface area contributed by atoms with E-state index in [9.17, 15) is 13.2 Å². The van der Waals surface area contributed by atoms with Gasteiger partial charge in [0.05, 0.1) is 5.56 Å². The maximum absolute atomic E-state index is 12.6. The fraction of sp³-hybridized carbons (Fsp3) is 0.789. The van der Waals surface area contributed by atoms with E-state index < -0.39 is 11.7 Å². The minimum absolute atomic E-state index is 0.186. The quantitative estimate of drug-likeness (QED) is 0.385. The highest BCUT2D eigenvalue weighted by atomic mass is 19.4. The van der Waals surface area contributed by atoms with Crippen LogP contribution in [0.5, 0.6) is 0 Å².